The highest BCUT2D eigenvalue weighted by atomic mass is 16.5. The first-order chi connectivity index (χ1) is 8.17. The Morgan fingerprint density at radius 2 is 2.18 bits per heavy atom. The molecule has 0 saturated carbocycles. The molecular formula is C13H16N2O2. The van der Waals surface area contributed by atoms with Crippen molar-refractivity contribution in [1.29, 1.82) is 0 Å². The number of amides is 1. The smallest absolute Gasteiger partial charge is 0.248 e. The van der Waals surface area contributed by atoms with Crippen LogP contribution in [-0.4, -0.2) is 13.0 Å². The molecule has 17 heavy (non-hydrogen) atoms. The molecule has 4 nitrogen and oxygen atoms in total. The lowest BCUT2D eigenvalue weighted by molar-refractivity contribution is -0.111. The molecule has 1 amide bonds. The zero-order chi connectivity index (χ0) is 12.7. The second-order valence-electron chi connectivity index (χ2n) is 3.33. The van der Waals surface area contributed by atoms with E-state index in [0.29, 0.717) is 17.1 Å². The average Bonchev–Trinajstić information content (AvgIpc) is 2.32. The van der Waals surface area contributed by atoms with Crippen molar-refractivity contribution in [3.05, 3.63) is 42.5 Å². The number of methoxy groups -OCH3 is 1. The van der Waals surface area contributed by atoms with Gasteiger partial charge in [-0.15, -0.1) is 0 Å². The largest absolute Gasteiger partial charge is 0.495 e. The average molecular weight is 232 g/mol. The van der Waals surface area contributed by atoms with Crippen LogP contribution < -0.4 is 15.8 Å². The van der Waals surface area contributed by atoms with E-state index < -0.39 is 0 Å². The van der Waals surface area contributed by atoms with Crippen molar-refractivity contribution >= 4 is 17.3 Å². The van der Waals surface area contributed by atoms with Gasteiger partial charge in [0.1, 0.15) is 5.75 Å². The maximum absolute atomic E-state index is 11.5. The summed E-state index contributed by atoms with van der Waals surface area (Å²) in [5.41, 5.74) is 6.85. The molecule has 0 atom stereocenters. The number of carbonyl (C=O) groups excluding carboxylic acids is 1. The Kier molecular flexibility index (Phi) is 4.81. The van der Waals surface area contributed by atoms with Crippen LogP contribution in [0.3, 0.4) is 0 Å². The summed E-state index contributed by atoms with van der Waals surface area (Å²) in [6.07, 6.45) is 6.74. The number of anilines is 2. The van der Waals surface area contributed by atoms with E-state index in [9.17, 15) is 4.79 Å². The van der Waals surface area contributed by atoms with E-state index in [-0.39, 0.29) is 5.91 Å². The van der Waals surface area contributed by atoms with Gasteiger partial charge in [-0.25, -0.2) is 0 Å². The van der Waals surface area contributed by atoms with E-state index in [4.69, 9.17) is 10.5 Å². The number of ether oxygens (including phenoxy) is 1. The Bertz CT molecular complexity index is 451. The van der Waals surface area contributed by atoms with Gasteiger partial charge in [-0.3, -0.25) is 4.79 Å². The summed E-state index contributed by atoms with van der Waals surface area (Å²) in [5, 5.41) is 2.71. The topological polar surface area (TPSA) is 64.4 Å². The van der Waals surface area contributed by atoms with Crippen LogP contribution in [0.2, 0.25) is 0 Å². The molecule has 3 N–H and O–H groups in total. The van der Waals surface area contributed by atoms with Crippen molar-refractivity contribution in [1.82, 2.24) is 0 Å². The van der Waals surface area contributed by atoms with Gasteiger partial charge < -0.3 is 15.8 Å². The van der Waals surface area contributed by atoms with Crippen molar-refractivity contribution in [2.75, 3.05) is 18.2 Å². The predicted molar refractivity (Wildman–Crippen MR) is 70.0 cm³/mol. The summed E-state index contributed by atoms with van der Waals surface area (Å²) in [7, 11) is 1.53. The van der Waals surface area contributed by atoms with Crippen LogP contribution in [0.4, 0.5) is 11.4 Å². The molecule has 90 valence electrons. The number of nitrogens with two attached hydrogens (primary N) is 1. The molecule has 0 unspecified atom stereocenters. The van der Waals surface area contributed by atoms with Gasteiger partial charge in [0, 0.05) is 17.8 Å². The van der Waals surface area contributed by atoms with Gasteiger partial charge in [-0.2, -0.15) is 0 Å². The number of nitrogens with one attached hydrogen (secondary N) is 1. The lowest BCUT2D eigenvalue weighted by Gasteiger charge is -2.07. The molecule has 1 aromatic carbocycles. The van der Waals surface area contributed by atoms with Crippen LogP contribution in [0, 0.1) is 0 Å². The van der Waals surface area contributed by atoms with E-state index in [0.717, 1.165) is 0 Å². The van der Waals surface area contributed by atoms with Gasteiger partial charge in [-0.1, -0.05) is 18.2 Å². The monoisotopic (exact) mass is 232 g/mol. The molecule has 0 aliphatic rings. The predicted octanol–water partition coefficient (Wildman–Crippen LogP) is 2.35. The standard InChI is InChI=1S/C13H16N2O2/c1-3-4-5-6-13(16)15-10-7-8-11(14)12(9-10)17-2/h3-9H,14H2,1-2H3,(H,15,16). The molecule has 0 aliphatic heterocycles. The molecule has 0 aromatic heterocycles. The first-order valence-electron chi connectivity index (χ1n) is 5.21. The summed E-state index contributed by atoms with van der Waals surface area (Å²) < 4.78 is 5.06. The van der Waals surface area contributed by atoms with Gasteiger partial charge in [0.15, 0.2) is 0 Å². The van der Waals surface area contributed by atoms with Gasteiger partial charge in [0.25, 0.3) is 0 Å². The summed E-state index contributed by atoms with van der Waals surface area (Å²) in [5.74, 6) is 0.343. The third-order valence-corrected chi connectivity index (χ3v) is 2.05. The summed E-state index contributed by atoms with van der Waals surface area (Å²) >= 11 is 0. The van der Waals surface area contributed by atoms with Crippen LogP contribution in [0.15, 0.2) is 42.5 Å². The summed E-state index contributed by atoms with van der Waals surface area (Å²) in [4.78, 5) is 11.5. The highest BCUT2D eigenvalue weighted by Crippen LogP contribution is 2.24. The van der Waals surface area contributed by atoms with E-state index in [2.05, 4.69) is 5.32 Å². The van der Waals surface area contributed by atoms with Crippen LogP contribution in [0.5, 0.6) is 5.75 Å². The second-order valence-corrected chi connectivity index (χ2v) is 3.33. The Balaban J connectivity index is 2.72. The maximum atomic E-state index is 11.5. The SMILES string of the molecule is CC=CC=CC(=O)Nc1ccc(N)c(OC)c1. The van der Waals surface area contributed by atoms with Crippen molar-refractivity contribution in [3.63, 3.8) is 0 Å². The van der Waals surface area contributed by atoms with Crippen molar-refractivity contribution in [2.45, 2.75) is 6.92 Å². The van der Waals surface area contributed by atoms with Crippen LogP contribution in [-0.2, 0) is 4.79 Å². The van der Waals surface area contributed by atoms with Crippen LogP contribution >= 0.6 is 0 Å². The van der Waals surface area contributed by atoms with E-state index in [1.54, 1.807) is 30.4 Å². The minimum Gasteiger partial charge on any atom is -0.495 e. The van der Waals surface area contributed by atoms with E-state index in [1.807, 2.05) is 13.0 Å². The molecule has 0 fully saturated rings. The quantitative estimate of drug-likeness (QED) is 0.476. The number of nitrogen functional groups attached to an aromatic ring is 1. The van der Waals surface area contributed by atoms with Gasteiger partial charge in [0.2, 0.25) is 5.91 Å². The normalized spacial score (nSPS) is 10.9. The van der Waals surface area contributed by atoms with Crippen molar-refractivity contribution < 1.29 is 9.53 Å². The van der Waals surface area contributed by atoms with E-state index in [1.165, 1.54) is 13.2 Å². The zero-order valence-electron chi connectivity index (χ0n) is 9.94. The molecule has 1 aromatic rings. The fraction of sp³-hybridized carbons (Fsp3) is 0.154. The lowest BCUT2D eigenvalue weighted by Crippen LogP contribution is -2.08. The minimum absolute atomic E-state index is 0.199. The number of hydrogen-bond donors (Lipinski definition) is 2. The van der Waals surface area contributed by atoms with Gasteiger partial charge >= 0.3 is 0 Å². The highest BCUT2D eigenvalue weighted by Gasteiger charge is 2.02. The van der Waals surface area contributed by atoms with Crippen LogP contribution in [0.1, 0.15) is 6.92 Å². The molecule has 0 aliphatic carbocycles. The van der Waals surface area contributed by atoms with Gasteiger partial charge in [0.05, 0.1) is 12.8 Å². The fourth-order valence-corrected chi connectivity index (χ4v) is 1.23. The Morgan fingerprint density at radius 1 is 1.41 bits per heavy atom. The van der Waals surface area contributed by atoms with Crippen molar-refractivity contribution in [2.24, 2.45) is 0 Å². The number of hydrogen-bond acceptors (Lipinski definition) is 3. The zero-order valence-corrected chi connectivity index (χ0v) is 9.94. The van der Waals surface area contributed by atoms with Crippen molar-refractivity contribution in [3.8, 4) is 5.75 Å². The number of allylic oxidation sites excluding steroid dienone is 3. The number of carbonyl (C=O) groups is 1. The molecule has 0 bridgehead atoms. The molecular weight excluding hydrogens is 216 g/mol. The molecule has 1 rings (SSSR count). The fourth-order valence-electron chi connectivity index (χ4n) is 1.23. The summed E-state index contributed by atoms with van der Waals surface area (Å²) in [6, 6.07) is 5.08. The summed E-state index contributed by atoms with van der Waals surface area (Å²) in [6.45, 7) is 1.88. The third-order valence-electron chi connectivity index (χ3n) is 2.05. The first-order valence-corrected chi connectivity index (χ1v) is 5.21. The molecule has 0 radical (unpaired) electrons. The molecule has 4 heteroatoms. The Hall–Kier alpha value is -2.23. The first kappa shape index (κ1) is 12.8. The third kappa shape index (κ3) is 4.03. The molecule has 0 spiro atoms. The minimum atomic E-state index is -0.199. The highest BCUT2D eigenvalue weighted by molar-refractivity contribution is 5.99. The van der Waals surface area contributed by atoms with Crippen LogP contribution in [0.25, 0.3) is 0 Å². The lowest BCUT2D eigenvalue weighted by atomic mass is 10.2. The second kappa shape index (κ2) is 6.37. The number of benzene rings is 1. The van der Waals surface area contributed by atoms with Gasteiger partial charge in [-0.05, 0) is 19.1 Å². The number of rotatable bonds is 4. The Morgan fingerprint density at radius 3 is 2.82 bits per heavy atom. The maximum Gasteiger partial charge on any atom is 0.248 e. The Labute approximate surface area is 101 Å². The van der Waals surface area contributed by atoms with E-state index >= 15 is 0 Å². The molecule has 0 saturated heterocycles. The molecule has 0 heterocycles.